The Labute approximate surface area is 129 Å². The highest BCUT2D eigenvalue weighted by atomic mass is 32.1. The van der Waals surface area contributed by atoms with Gasteiger partial charge in [-0.1, -0.05) is 42.5 Å². The van der Waals surface area contributed by atoms with E-state index in [4.69, 9.17) is 4.74 Å². The minimum Gasteiger partial charge on any atom is -0.665 e. The summed E-state index contributed by atoms with van der Waals surface area (Å²) in [5.41, 5.74) is 0. The maximum atomic E-state index is 6.32. The average molecular weight is 296 g/mol. The van der Waals surface area contributed by atoms with E-state index in [1.807, 2.05) is 19.2 Å². The zero-order valence-corrected chi connectivity index (χ0v) is 12.8. The van der Waals surface area contributed by atoms with Gasteiger partial charge in [0.05, 0.1) is 0 Å². The number of hydrogen-bond acceptors (Lipinski definition) is 2. The molecule has 0 aliphatic carbocycles. The third-order valence-electron chi connectivity index (χ3n) is 3.49. The lowest BCUT2D eigenvalue weighted by Gasteiger charge is -2.22. The second kappa shape index (κ2) is 6.74. The minimum atomic E-state index is 0.0690. The molecule has 0 aliphatic heterocycles. The number of nitrogens with zero attached hydrogens (tertiary/aromatic N) is 1. The van der Waals surface area contributed by atoms with Crippen LogP contribution in [0.5, 0.6) is 5.75 Å². The van der Waals surface area contributed by atoms with Crippen LogP contribution in [0.1, 0.15) is 17.4 Å². The lowest BCUT2D eigenvalue weighted by molar-refractivity contribution is 0.206. The molecule has 2 nitrogen and oxygen atoms in total. The maximum Gasteiger partial charge on any atom is 0.131 e. The second-order valence-corrected chi connectivity index (χ2v) is 5.91. The lowest BCUT2D eigenvalue weighted by atomic mass is 10.1. The first-order chi connectivity index (χ1) is 10.4. The van der Waals surface area contributed by atoms with Gasteiger partial charge >= 0.3 is 0 Å². The van der Waals surface area contributed by atoms with Crippen LogP contribution in [0, 0.1) is 0 Å². The Morgan fingerprint density at radius 3 is 2.71 bits per heavy atom. The molecule has 0 radical (unpaired) electrons. The number of ether oxygens (including phenoxy) is 1. The quantitative estimate of drug-likeness (QED) is 0.596. The monoisotopic (exact) mass is 296 g/mol. The molecule has 0 saturated heterocycles. The molecule has 0 N–H and O–H groups in total. The number of thiophene rings is 1. The molecule has 0 saturated carbocycles. The zero-order chi connectivity index (χ0) is 14.5. The van der Waals surface area contributed by atoms with Crippen LogP contribution < -0.4 is 4.74 Å². The maximum absolute atomic E-state index is 6.32. The van der Waals surface area contributed by atoms with Gasteiger partial charge in [0.2, 0.25) is 0 Å². The molecule has 3 heteroatoms. The van der Waals surface area contributed by atoms with Crippen LogP contribution in [-0.2, 0) is 0 Å². The Morgan fingerprint density at radius 1 is 1.05 bits per heavy atom. The Hall–Kier alpha value is -1.84. The highest BCUT2D eigenvalue weighted by Gasteiger charge is 2.14. The van der Waals surface area contributed by atoms with Crippen molar-refractivity contribution in [3.05, 3.63) is 70.2 Å². The molecular formula is C18H18NOS-. The van der Waals surface area contributed by atoms with E-state index < -0.39 is 0 Å². The summed E-state index contributed by atoms with van der Waals surface area (Å²) in [7, 11) is 1.85. The molecule has 0 amide bonds. The van der Waals surface area contributed by atoms with Gasteiger partial charge in [-0.2, -0.15) is 7.05 Å². The first-order valence-electron chi connectivity index (χ1n) is 7.12. The smallest absolute Gasteiger partial charge is 0.131 e. The Balaban J connectivity index is 1.90. The van der Waals surface area contributed by atoms with E-state index >= 15 is 0 Å². The van der Waals surface area contributed by atoms with Gasteiger partial charge in [0, 0.05) is 10.3 Å². The van der Waals surface area contributed by atoms with Crippen LogP contribution in [0.15, 0.2) is 60.0 Å². The van der Waals surface area contributed by atoms with Gasteiger partial charge in [0.25, 0.3) is 0 Å². The highest BCUT2D eigenvalue weighted by Crippen LogP contribution is 2.32. The first-order valence-corrected chi connectivity index (χ1v) is 8.00. The van der Waals surface area contributed by atoms with Crippen LogP contribution in [0.3, 0.4) is 0 Å². The summed E-state index contributed by atoms with van der Waals surface area (Å²) in [6, 6.07) is 18.8. The van der Waals surface area contributed by atoms with Gasteiger partial charge < -0.3 is 10.1 Å². The number of hydrogen-bond donors (Lipinski definition) is 0. The third kappa shape index (κ3) is 3.26. The van der Waals surface area contributed by atoms with Crippen molar-refractivity contribution >= 4 is 22.1 Å². The molecule has 0 aliphatic rings. The summed E-state index contributed by atoms with van der Waals surface area (Å²) < 4.78 is 6.32. The summed E-state index contributed by atoms with van der Waals surface area (Å²) in [4.78, 5) is 1.26. The van der Waals surface area contributed by atoms with Gasteiger partial charge in [-0.05, 0) is 29.3 Å². The fraction of sp³-hybridized carbons (Fsp3) is 0.222. The largest absolute Gasteiger partial charge is 0.665 e. The number of rotatable bonds is 6. The van der Waals surface area contributed by atoms with Crippen LogP contribution >= 0.6 is 11.3 Å². The van der Waals surface area contributed by atoms with Crippen molar-refractivity contribution in [3.8, 4) is 5.75 Å². The molecule has 3 rings (SSSR count). The van der Waals surface area contributed by atoms with Gasteiger partial charge in [0.15, 0.2) is 0 Å². The zero-order valence-electron chi connectivity index (χ0n) is 12.0. The molecule has 0 spiro atoms. The first kappa shape index (κ1) is 14.1. The molecule has 21 heavy (non-hydrogen) atoms. The van der Waals surface area contributed by atoms with Crippen molar-refractivity contribution in [1.29, 1.82) is 0 Å². The second-order valence-electron chi connectivity index (χ2n) is 4.93. The van der Waals surface area contributed by atoms with Crippen molar-refractivity contribution in [3.63, 3.8) is 0 Å². The molecule has 2 aromatic carbocycles. The lowest BCUT2D eigenvalue weighted by Crippen LogP contribution is -2.08. The van der Waals surface area contributed by atoms with E-state index in [1.165, 1.54) is 10.3 Å². The summed E-state index contributed by atoms with van der Waals surface area (Å²) in [5.74, 6) is 0.947. The van der Waals surface area contributed by atoms with E-state index in [2.05, 4.69) is 53.2 Å². The average Bonchev–Trinajstić information content (AvgIpc) is 3.06. The Kier molecular flexibility index (Phi) is 4.53. The van der Waals surface area contributed by atoms with Gasteiger partial charge in [-0.15, -0.1) is 17.9 Å². The molecule has 1 atom stereocenters. The van der Waals surface area contributed by atoms with Gasteiger partial charge in [0.1, 0.15) is 11.9 Å². The summed E-state index contributed by atoms with van der Waals surface area (Å²) in [5, 5.41) is 8.68. The van der Waals surface area contributed by atoms with E-state index in [-0.39, 0.29) is 6.10 Å². The minimum absolute atomic E-state index is 0.0690. The van der Waals surface area contributed by atoms with E-state index in [0.717, 1.165) is 24.1 Å². The predicted octanol–water partition coefficient (Wildman–Crippen LogP) is 5.42. The fourth-order valence-corrected chi connectivity index (χ4v) is 3.22. The highest BCUT2D eigenvalue weighted by molar-refractivity contribution is 7.10. The molecule has 1 heterocycles. The van der Waals surface area contributed by atoms with Gasteiger partial charge in [-0.3, -0.25) is 0 Å². The van der Waals surface area contributed by atoms with Crippen LogP contribution in [0.4, 0.5) is 0 Å². The van der Waals surface area contributed by atoms with E-state index in [9.17, 15) is 0 Å². The molecule has 0 unspecified atom stereocenters. The third-order valence-corrected chi connectivity index (χ3v) is 4.46. The SMILES string of the molecule is C[N-]CC[C@H](Oc1cccc2ccccc12)c1cccs1. The van der Waals surface area contributed by atoms with E-state index in [1.54, 1.807) is 11.3 Å². The molecule has 1 aromatic heterocycles. The predicted molar refractivity (Wildman–Crippen MR) is 90.4 cm³/mol. The molecule has 0 fully saturated rings. The van der Waals surface area contributed by atoms with Crippen LogP contribution in [0.25, 0.3) is 16.1 Å². The standard InChI is InChI=1S/C18H18NOS/c1-19-12-11-17(18-10-5-13-21-18)20-16-9-4-7-14-6-2-3-8-15(14)16/h2-10,13,17H,11-12H2,1H3/q-1/t17-/m0/s1. The van der Waals surface area contributed by atoms with Crippen molar-refractivity contribution in [2.45, 2.75) is 12.5 Å². The van der Waals surface area contributed by atoms with Crippen molar-refractivity contribution < 1.29 is 4.74 Å². The topological polar surface area (TPSA) is 23.3 Å². The van der Waals surface area contributed by atoms with Gasteiger partial charge in [-0.25, -0.2) is 0 Å². The van der Waals surface area contributed by atoms with E-state index in [0.29, 0.717) is 0 Å². The number of fused-ring (bicyclic) bond motifs is 1. The van der Waals surface area contributed by atoms with Crippen molar-refractivity contribution in [2.24, 2.45) is 0 Å². The van der Waals surface area contributed by atoms with Crippen molar-refractivity contribution in [1.82, 2.24) is 0 Å². The van der Waals surface area contributed by atoms with Crippen LogP contribution in [0.2, 0.25) is 0 Å². The Bertz CT molecular complexity index is 688. The van der Waals surface area contributed by atoms with Crippen LogP contribution in [-0.4, -0.2) is 13.6 Å². The molecule has 3 aromatic rings. The Morgan fingerprint density at radius 2 is 1.90 bits per heavy atom. The molecule has 108 valence electrons. The normalized spacial score (nSPS) is 12.4. The molecule has 0 bridgehead atoms. The summed E-state index contributed by atoms with van der Waals surface area (Å²) in [6.45, 7) is 0.813. The fourth-order valence-electron chi connectivity index (χ4n) is 2.43. The molecular weight excluding hydrogens is 278 g/mol. The summed E-state index contributed by atoms with van der Waals surface area (Å²) in [6.07, 6.45) is 0.972. The summed E-state index contributed by atoms with van der Waals surface area (Å²) >= 11 is 1.74. The van der Waals surface area contributed by atoms with Crippen molar-refractivity contribution in [2.75, 3.05) is 13.6 Å². The number of benzene rings is 2.